The molecule has 1 aromatic carbocycles. The number of aliphatic hydroxyl groups excluding tert-OH is 1. The minimum atomic E-state index is -1.17. The van der Waals surface area contributed by atoms with Crippen molar-refractivity contribution in [1.82, 2.24) is 9.80 Å². The highest BCUT2D eigenvalue weighted by Gasteiger charge is 2.79. The summed E-state index contributed by atoms with van der Waals surface area (Å²) >= 11 is 6.08. The van der Waals surface area contributed by atoms with E-state index in [1.165, 1.54) is 4.90 Å². The first kappa shape index (κ1) is 27.4. The molecule has 2 bridgehead atoms. The second kappa shape index (κ2) is 10.2. The summed E-state index contributed by atoms with van der Waals surface area (Å²) in [5.41, 5.74) is -1.40. The first-order chi connectivity index (χ1) is 17.6. The highest BCUT2D eigenvalue weighted by molar-refractivity contribution is 6.30. The van der Waals surface area contributed by atoms with Gasteiger partial charge >= 0.3 is 0 Å². The molecular weight excluding hydrogens is 494 g/mol. The van der Waals surface area contributed by atoms with Crippen LogP contribution in [-0.4, -0.2) is 82.7 Å². The van der Waals surface area contributed by atoms with Gasteiger partial charge in [-0.3, -0.25) is 14.4 Å². The summed E-state index contributed by atoms with van der Waals surface area (Å²) in [5.74, 6) is -2.39. The van der Waals surface area contributed by atoms with Crippen molar-refractivity contribution < 1.29 is 24.2 Å². The van der Waals surface area contributed by atoms with E-state index in [1.54, 1.807) is 60.2 Å². The normalized spacial score (nSPS) is 30.7. The second-order valence-corrected chi connectivity index (χ2v) is 10.8. The van der Waals surface area contributed by atoms with Gasteiger partial charge in [-0.25, -0.2) is 0 Å². The van der Waals surface area contributed by atoms with Crippen molar-refractivity contribution in [1.29, 1.82) is 0 Å². The molecule has 1 spiro atoms. The zero-order chi connectivity index (χ0) is 27.1. The second-order valence-electron chi connectivity index (χ2n) is 10.3. The van der Waals surface area contributed by atoms with Gasteiger partial charge in [-0.1, -0.05) is 30.7 Å². The topological polar surface area (TPSA) is 90.4 Å². The summed E-state index contributed by atoms with van der Waals surface area (Å²) in [4.78, 5) is 46.9. The van der Waals surface area contributed by atoms with Gasteiger partial charge in [-0.15, -0.1) is 13.2 Å². The Morgan fingerprint density at radius 1 is 1.22 bits per heavy atom. The molecule has 3 amide bonds. The molecule has 3 fully saturated rings. The minimum Gasteiger partial charge on any atom is -0.394 e. The molecule has 3 aliphatic heterocycles. The van der Waals surface area contributed by atoms with Crippen LogP contribution < -0.4 is 4.90 Å². The maximum Gasteiger partial charge on any atom is 0.253 e. The number of likely N-dealkylation sites (tertiary alicyclic amines) is 1. The van der Waals surface area contributed by atoms with Crippen LogP contribution in [-0.2, 0) is 19.1 Å². The summed E-state index contributed by atoms with van der Waals surface area (Å²) < 4.78 is 6.78. The summed E-state index contributed by atoms with van der Waals surface area (Å²) in [6, 6.07) is 5.24. The zero-order valence-corrected chi connectivity index (χ0v) is 22.5. The molecule has 4 rings (SSSR count). The Kier molecular flexibility index (Phi) is 7.57. The van der Waals surface area contributed by atoms with E-state index in [0.29, 0.717) is 36.5 Å². The molecule has 1 aromatic rings. The number of ether oxygens (including phenoxy) is 1. The van der Waals surface area contributed by atoms with E-state index < -0.39 is 35.1 Å². The van der Waals surface area contributed by atoms with Crippen molar-refractivity contribution in [3.8, 4) is 0 Å². The van der Waals surface area contributed by atoms with Crippen LogP contribution in [0.1, 0.15) is 33.1 Å². The summed E-state index contributed by atoms with van der Waals surface area (Å²) in [7, 11) is 1.69. The Labute approximate surface area is 223 Å². The number of nitrogens with zero attached hydrogens (tertiary/aromatic N) is 3. The number of carbonyl (C=O) groups is 3. The number of anilines is 1. The van der Waals surface area contributed by atoms with Gasteiger partial charge in [0.05, 0.1) is 30.1 Å². The van der Waals surface area contributed by atoms with E-state index in [-0.39, 0.29) is 30.9 Å². The number of aliphatic hydroxyl groups is 1. The van der Waals surface area contributed by atoms with Crippen molar-refractivity contribution in [2.45, 2.75) is 56.4 Å². The van der Waals surface area contributed by atoms with Crippen molar-refractivity contribution in [2.24, 2.45) is 11.8 Å². The largest absolute Gasteiger partial charge is 0.394 e. The van der Waals surface area contributed by atoms with E-state index >= 15 is 0 Å². The molecule has 0 aliphatic carbocycles. The van der Waals surface area contributed by atoms with Crippen molar-refractivity contribution >= 4 is 35.0 Å². The van der Waals surface area contributed by atoms with E-state index in [9.17, 15) is 19.5 Å². The van der Waals surface area contributed by atoms with E-state index in [4.69, 9.17) is 16.3 Å². The van der Waals surface area contributed by atoms with E-state index in [1.807, 2.05) is 6.92 Å². The number of benzene rings is 1. The number of hydrogen-bond acceptors (Lipinski definition) is 5. The molecule has 8 nitrogen and oxygen atoms in total. The van der Waals surface area contributed by atoms with Gasteiger partial charge in [0.15, 0.2) is 0 Å². The first-order valence-electron chi connectivity index (χ1n) is 12.8. The highest BCUT2D eigenvalue weighted by Crippen LogP contribution is 2.65. The van der Waals surface area contributed by atoms with Crippen LogP contribution in [0.3, 0.4) is 0 Å². The van der Waals surface area contributed by atoms with Crippen LogP contribution in [0.25, 0.3) is 0 Å². The number of amides is 3. The molecule has 1 N–H and O–H groups in total. The third-order valence-corrected chi connectivity index (χ3v) is 8.60. The number of hydrogen-bond donors (Lipinski definition) is 1. The minimum absolute atomic E-state index is 0.188. The van der Waals surface area contributed by atoms with Gasteiger partial charge < -0.3 is 24.5 Å². The van der Waals surface area contributed by atoms with Crippen LogP contribution in [0.4, 0.5) is 5.69 Å². The summed E-state index contributed by atoms with van der Waals surface area (Å²) in [5, 5.41) is 10.6. The van der Waals surface area contributed by atoms with E-state index in [2.05, 4.69) is 13.2 Å². The summed E-state index contributed by atoms with van der Waals surface area (Å²) in [6.07, 6.45) is 4.84. The van der Waals surface area contributed by atoms with Crippen molar-refractivity contribution in [3.05, 3.63) is 54.6 Å². The van der Waals surface area contributed by atoms with Crippen LogP contribution in [0.5, 0.6) is 0 Å². The zero-order valence-electron chi connectivity index (χ0n) is 21.7. The number of carbonyl (C=O) groups excluding carboxylic acids is 3. The molecule has 200 valence electrons. The van der Waals surface area contributed by atoms with Crippen LogP contribution in [0.15, 0.2) is 49.6 Å². The third kappa shape index (κ3) is 4.10. The highest BCUT2D eigenvalue weighted by atomic mass is 35.5. The van der Waals surface area contributed by atoms with Crippen LogP contribution >= 0.6 is 11.6 Å². The van der Waals surface area contributed by atoms with Crippen molar-refractivity contribution in [3.63, 3.8) is 0 Å². The lowest BCUT2D eigenvalue weighted by molar-refractivity contribution is -0.152. The lowest BCUT2D eigenvalue weighted by Gasteiger charge is -2.38. The monoisotopic (exact) mass is 529 g/mol. The Balaban J connectivity index is 1.84. The smallest absolute Gasteiger partial charge is 0.253 e. The predicted molar refractivity (Wildman–Crippen MR) is 142 cm³/mol. The number of rotatable bonds is 10. The standard InChI is InChI=1S/C28H36ClN3O5/c1-6-15-30(5)24(34)21-22-25(35)32(18(4)17-33)23(28(22)14-13-27(21,8-3)37-28)26(36)31(16-7-2)20-11-9-19(29)10-12-20/h6-7,9-12,18,21-23,33H,1-2,8,13-17H2,3-5H3/t18-,21-,22+,23?,27+,28?/m1/s1. The summed E-state index contributed by atoms with van der Waals surface area (Å²) in [6.45, 7) is 11.4. The number of fused-ring (bicyclic) bond motifs is 1. The molecule has 3 heterocycles. The van der Waals surface area contributed by atoms with Gasteiger partial charge in [-0.05, 0) is 50.5 Å². The maximum absolute atomic E-state index is 14.4. The van der Waals surface area contributed by atoms with Gasteiger partial charge in [0, 0.05) is 30.8 Å². The molecular formula is C28H36ClN3O5. The molecule has 6 atom stereocenters. The van der Waals surface area contributed by atoms with Gasteiger partial charge in [0.25, 0.3) is 5.91 Å². The molecule has 0 aromatic heterocycles. The average Bonchev–Trinajstić information content (AvgIpc) is 3.50. The average molecular weight is 530 g/mol. The molecule has 9 heteroatoms. The number of likely N-dealkylation sites (N-methyl/N-ethyl adjacent to an activating group) is 1. The maximum atomic E-state index is 14.4. The number of halogens is 1. The first-order valence-corrected chi connectivity index (χ1v) is 13.2. The molecule has 3 aliphatic rings. The Hall–Kier alpha value is -2.68. The predicted octanol–water partition coefficient (Wildman–Crippen LogP) is 3.04. The van der Waals surface area contributed by atoms with Gasteiger partial charge in [0.1, 0.15) is 11.6 Å². The lowest BCUT2D eigenvalue weighted by atomic mass is 9.64. The van der Waals surface area contributed by atoms with Crippen LogP contribution in [0.2, 0.25) is 5.02 Å². The Morgan fingerprint density at radius 3 is 2.43 bits per heavy atom. The Morgan fingerprint density at radius 2 is 1.86 bits per heavy atom. The third-order valence-electron chi connectivity index (χ3n) is 8.35. The van der Waals surface area contributed by atoms with Gasteiger partial charge in [0.2, 0.25) is 11.8 Å². The van der Waals surface area contributed by atoms with Crippen molar-refractivity contribution in [2.75, 3.05) is 31.6 Å². The quantitative estimate of drug-likeness (QED) is 0.470. The van der Waals surface area contributed by atoms with Gasteiger partial charge in [-0.2, -0.15) is 0 Å². The molecule has 37 heavy (non-hydrogen) atoms. The fourth-order valence-electron chi connectivity index (χ4n) is 6.61. The molecule has 3 saturated heterocycles. The fourth-order valence-corrected chi connectivity index (χ4v) is 6.74. The Bertz CT molecular complexity index is 1090. The SMILES string of the molecule is C=CCN(C)C(=O)[C@H]1[C@H]2C(=O)N([C@H](C)CO)C(C(=O)N(CC=C)c3ccc(Cl)cc3)C23CC[C@]1(CC)O3. The fraction of sp³-hybridized carbons (Fsp3) is 0.536. The van der Waals surface area contributed by atoms with E-state index in [0.717, 1.165) is 0 Å². The molecule has 2 unspecified atom stereocenters. The molecule has 0 radical (unpaired) electrons. The van der Waals surface area contributed by atoms with Crippen LogP contribution in [0, 0.1) is 11.8 Å². The lowest BCUT2D eigenvalue weighted by Crippen LogP contribution is -2.58. The molecule has 0 saturated carbocycles.